The molecule has 2 aromatic carbocycles. The lowest BCUT2D eigenvalue weighted by molar-refractivity contribution is 0.0918. The van der Waals surface area contributed by atoms with Gasteiger partial charge >= 0.3 is 0 Å². The summed E-state index contributed by atoms with van der Waals surface area (Å²) in [6.45, 7) is 1.66. The van der Waals surface area contributed by atoms with Gasteiger partial charge in [-0.2, -0.15) is 0 Å². The van der Waals surface area contributed by atoms with Gasteiger partial charge in [-0.25, -0.2) is 0 Å². The van der Waals surface area contributed by atoms with Gasteiger partial charge in [0.15, 0.2) is 35.4 Å². The predicted molar refractivity (Wildman–Crippen MR) is 132 cm³/mol. The number of benzene rings is 2. The lowest BCUT2D eigenvalue weighted by atomic mass is 9.98. The van der Waals surface area contributed by atoms with Crippen LogP contribution in [-0.2, 0) is 19.5 Å². The van der Waals surface area contributed by atoms with E-state index in [1.54, 1.807) is 32.4 Å². The fraction of sp³-hybridized carbons (Fsp3) is 0.333. The first kappa shape index (κ1) is 25.1. The number of ether oxygens (including phenoxy) is 5. The minimum Gasteiger partial charge on any atom is -0.493 e. The second kappa shape index (κ2) is 11.2. The van der Waals surface area contributed by atoms with Crippen molar-refractivity contribution in [1.82, 2.24) is 4.90 Å². The van der Waals surface area contributed by atoms with Crippen LogP contribution in [0.5, 0.6) is 28.7 Å². The average Bonchev–Trinajstić information content (AvgIpc) is 2.91. The number of methoxy groups -OCH3 is 4. The SMILES string of the molecule is COc1ccc(C(=O)COc2coc(CN3CCc4cc(OC)c(OC)cc4C3)cc2=O)cc1OC. The quantitative estimate of drug-likeness (QED) is 0.392. The number of carbonyl (C=O) groups is 1. The van der Waals surface area contributed by atoms with E-state index in [0.29, 0.717) is 41.7 Å². The van der Waals surface area contributed by atoms with Crippen molar-refractivity contribution in [3.8, 4) is 28.7 Å². The van der Waals surface area contributed by atoms with Crippen molar-refractivity contribution < 1.29 is 32.9 Å². The molecule has 3 aromatic rings. The molecule has 0 saturated heterocycles. The fourth-order valence-corrected chi connectivity index (χ4v) is 4.16. The number of ketones is 1. The highest BCUT2D eigenvalue weighted by molar-refractivity contribution is 5.97. The Morgan fingerprint density at radius 1 is 0.861 bits per heavy atom. The van der Waals surface area contributed by atoms with Crippen LogP contribution in [0.15, 0.2) is 51.9 Å². The number of nitrogens with zero attached hydrogens (tertiary/aromatic N) is 1. The zero-order valence-electron chi connectivity index (χ0n) is 20.8. The molecule has 0 aliphatic carbocycles. The lowest BCUT2D eigenvalue weighted by Gasteiger charge is -2.29. The van der Waals surface area contributed by atoms with E-state index < -0.39 is 0 Å². The third-order valence-corrected chi connectivity index (χ3v) is 6.09. The minimum absolute atomic E-state index is 0.0200. The van der Waals surface area contributed by atoms with Crippen molar-refractivity contribution >= 4 is 5.78 Å². The molecule has 1 aliphatic rings. The predicted octanol–water partition coefficient (Wildman–Crippen LogP) is 3.49. The van der Waals surface area contributed by atoms with Gasteiger partial charge in [-0.05, 0) is 47.9 Å². The van der Waals surface area contributed by atoms with Gasteiger partial charge in [0.1, 0.15) is 12.0 Å². The summed E-state index contributed by atoms with van der Waals surface area (Å²) in [5.74, 6) is 2.55. The summed E-state index contributed by atoms with van der Waals surface area (Å²) in [5.41, 5.74) is 2.40. The average molecular weight is 496 g/mol. The maximum absolute atomic E-state index is 12.6. The first-order chi connectivity index (χ1) is 17.4. The van der Waals surface area contributed by atoms with Crippen LogP contribution in [0.1, 0.15) is 27.2 Å². The Bertz CT molecular complexity index is 1300. The Morgan fingerprint density at radius 2 is 1.53 bits per heavy atom. The maximum atomic E-state index is 12.6. The molecule has 0 N–H and O–H groups in total. The van der Waals surface area contributed by atoms with Crippen molar-refractivity contribution in [3.63, 3.8) is 0 Å². The molecule has 36 heavy (non-hydrogen) atoms. The normalized spacial score (nSPS) is 13.0. The van der Waals surface area contributed by atoms with Crippen LogP contribution in [-0.4, -0.2) is 52.3 Å². The van der Waals surface area contributed by atoms with E-state index in [1.165, 1.54) is 32.1 Å². The summed E-state index contributed by atoms with van der Waals surface area (Å²) in [4.78, 5) is 27.3. The topological polar surface area (TPSA) is 96.7 Å². The van der Waals surface area contributed by atoms with Crippen molar-refractivity contribution in [1.29, 1.82) is 0 Å². The second-order valence-electron chi connectivity index (χ2n) is 8.29. The van der Waals surface area contributed by atoms with Gasteiger partial charge in [0.05, 0.1) is 35.0 Å². The van der Waals surface area contributed by atoms with E-state index in [9.17, 15) is 9.59 Å². The third kappa shape index (κ3) is 5.46. The molecule has 1 aromatic heterocycles. The van der Waals surface area contributed by atoms with Gasteiger partial charge in [-0.3, -0.25) is 14.5 Å². The summed E-state index contributed by atoms with van der Waals surface area (Å²) < 4.78 is 32.3. The highest BCUT2D eigenvalue weighted by Gasteiger charge is 2.21. The van der Waals surface area contributed by atoms with Crippen LogP contribution in [0.3, 0.4) is 0 Å². The van der Waals surface area contributed by atoms with E-state index in [-0.39, 0.29) is 23.6 Å². The number of rotatable bonds is 10. The monoisotopic (exact) mass is 495 g/mol. The van der Waals surface area contributed by atoms with E-state index in [0.717, 1.165) is 24.3 Å². The Hall–Kier alpha value is -3.98. The molecule has 9 heteroatoms. The molecule has 1 aliphatic heterocycles. The molecular weight excluding hydrogens is 466 g/mol. The standard InChI is InChI=1S/C27H29NO8/c1-31-23-6-5-18(10-24(23)32-2)22(30)15-36-27-16-35-20(12-21(27)29)14-28-8-7-17-9-25(33-3)26(34-4)11-19(17)13-28/h5-6,9-12,16H,7-8,13-15H2,1-4H3. The zero-order valence-corrected chi connectivity index (χ0v) is 20.8. The fourth-order valence-electron chi connectivity index (χ4n) is 4.16. The molecule has 0 unspecified atom stereocenters. The Labute approximate surface area is 209 Å². The number of hydrogen-bond acceptors (Lipinski definition) is 9. The molecule has 0 atom stereocenters. The largest absolute Gasteiger partial charge is 0.493 e. The van der Waals surface area contributed by atoms with Gasteiger partial charge in [-0.15, -0.1) is 0 Å². The van der Waals surface area contributed by atoms with Crippen molar-refractivity contribution in [3.05, 3.63) is 75.3 Å². The van der Waals surface area contributed by atoms with E-state index in [2.05, 4.69) is 4.90 Å². The number of fused-ring (bicyclic) bond motifs is 1. The summed E-state index contributed by atoms with van der Waals surface area (Å²) >= 11 is 0. The Kier molecular flexibility index (Phi) is 7.80. The summed E-state index contributed by atoms with van der Waals surface area (Å²) in [7, 11) is 6.25. The van der Waals surface area contributed by atoms with Crippen LogP contribution in [0.4, 0.5) is 0 Å². The van der Waals surface area contributed by atoms with Crippen LogP contribution >= 0.6 is 0 Å². The van der Waals surface area contributed by atoms with Crippen LogP contribution < -0.4 is 29.1 Å². The molecule has 2 heterocycles. The Morgan fingerprint density at radius 3 is 2.19 bits per heavy atom. The highest BCUT2D eigenvalue weighted by Crippen LogP contribution is 2.33. The van der Waals surface area contributed by atoms with Gasteiger partial charge < -0.3 is 28.1 Å². The van der Waals surface area contributed by atoms with E-state index in [1.807, 2.05) is 12.1 Å². The van der Waals surface area contributed by atoms with Crippen LogP contribution in [0.25, 0.3) is 0 Å². The minimum atomic E-state index is -0.347. The van der Waals surface area contributed by atoms with Crippen molar-refractivity contribution in [2.24, 2.45) is 0 Å². The van der Waals surface area contributed by atoms with Crippen LogP contribution in [0, 0.1) is 0 Å². The van der Waals surface area contributed by atoms with Crippen molar-refractivity contribution in [2.75, 3.05) is 41.6 Å². The summed E-state index contributed by atoms with van der Waals surface area (Å²) in [5, 5.41) is 0. The van der Waals surface area contributed by atoms with Crippen LogP contribution in [0.2, 0.25) is 0 Å². The van der Waals surface area contributed by atoms with Gasteiger partial charge in [0.2, 0.25) is 11.2 Å². The molecule has 190 valence electrons. The molecule has 9 nitrogen and oxygen atoms in total. The van der Waals surface area contributed by atoms with E-state index in [4.69, 9.17) is 28.1 Å². The summed E-state index contributed by atoms with van der Waals surface area (Å²) in [6, 6.07) is 10.2. The molecule has 0 amide bonds. The van der Waals surface area contributed by atoms with Gasteiger partial charge in [-0.1, -0.05) is 0 Å². The highest BCUT2D eigenvalue weighted by atomic mass is 16.5. The smallest absolute Gasteiger partial charge is 0.227 e. The molecule has 0 radical (unpaired) electrons. The lowest BCUT2D eigenvalue weighted by Crippen LogP contribution is -2.30. The number of carbonyl (C=O) groups excluding carboxylic acids is 1. The van der Waals surface area contributed by atoms with Gasteiger partial charge in [0, 0.05) is 24.7 Å². The second-order valence-corrected chi connectivity index (χ2v) is 8.29. The van der Waals surface area contributed by atoms with E-state index >= 15 is 0 Å². The first-order valence-corrected chi connectivity index (χ1v) is 11.4. The molecule has 4 rings (SSSR count). The Balaban J connectivity index is 1.38. The maximum Gasteiger partial charge on any atom is 0.227 e. The first-order valence-electron chi connectivity index (χ1n) is 11.4. The van der Waals surface area contributed by atoms with Gasteiger partial charge in [0.25, 0.3) is 0 Å². The molecule has 0 spiro atoms. The summed E-state index contributed by atoms with van der Waals surface area (Å²) in [6.07, 6.45) is 2.10. The molecular formula is C27H29NO8. The molecule has 0 saturated carbocycles. The van der Waals surface area contributed by atoms with Crippen molar-refractivity contribution in [2.45, 2.75) is 19.5 Å². The third-order valence-electron chi connectivity index (χ3n) is 6.09. The number of hydrogen-bond donors (Lipinski definition) is 0. The molecule has 0 fully saturated rings. The zero-order chi connectivity index (χ0) is 25.7. The molecule has 0 bridgehead atoms. The number of Topliss-reactive ketones (excluding diaryl/α,β-unsaturated/α-hetero) is 1.